The second-order valence-electron chi connectivity index (χ2n) is 7.43. The molecule has 6 nitrogen and oxygen atoms in total. The first-order chi connectivity index (χ1) is 15.0. The minimum absolute atomic E-state index is 0.00397. The van der Waals surface area contributed by atoms with Gasteiger partial charge in [0.05, 0.1) is 28.2 Å². The van der Waals surface area contributed by atoms with Crippen LogP contribution in [-0.2, 0) is 6.18 Å². The Balaban J connectivity index is 1.97. The van der Waals surface area contributed by atoms with Crippen molar-refractivity contribution >= 4 is 29.1 Å². The highest BCUT2D eigenvalue weighted by Gasteiger charge is 2.40. The van der Waals surface area contributed by atoms with Gasteiger partial charge in [-0.05, 0) is 51.1 Å². The molecule has 0 bridgehead atoms. The average molecular weight is 465 g/mol. The molecule has 1 aromatic heterocycles. The van der Waals surface area contributed by atoms with E-state index in [1.54, 1.807) is 32.9 Å². The Morgan fingerprint density at radius 1 is 1.06 bits per heavy atom. The lowest BCUT2D eigenvalue weighted by molar-refractivity contribution is -0.143. The van der Waals surface area contributed by atoms with Crippen molar-refractivity contribution in [2.45, 2.75) is 33.0 Å². The zero-order valence-electron chi connectivity index (χ0n) is 17.4. The summed E-state index contributed by atoms with van der Waals surface area (Å²) in [5, 5.41) is 8.90. The van der Waals surface area contributed by atoms with Crippen LogP contribution in [0.5, 0.6) is 0 Å². The van der Waals surface area contributed by atoms with Gasteiger partial charge in [0.15, 0.2) is 5.69 Å². The highest BCUT2D eigenvalue weighted by Crippen LogP contribution is 2.34. The van der Waals surface area contributed by atoms with Crippen LogP contribution >= 0.6 is 11.6 Å². The van der Waals surface area contributed by atoms with Gasteiger partial charge in [-0.3, -0.25) is 9.59 Å². The van der Waals surface area contributed by atoms with Crippen molar-refractivity contribution < 1.29 is 22.8 Å². The van der Waals surface area contributed by atoms with E-state index in [4.69, 9.17) is 11.6 Å². The zero-order valence-corrected chi connectivity index (χ0v) is 18.2. The van der Waals surface area contributed by atoms with Crippen LogP contribution < -0.4 is 10.6 Å². The molecule has 0 radical (unpaired) electrons. The third-order valence-electron chi connectivity index (χ3n) is 4.46. The molecule has 3 rings (SSSR count). The van der Waals surface area contributed by atoms with Gasteiger partial charge in [0.1, 0.15) is 0 Å². The lowest BCUT2D eigenvalue weighted by Crippen LogP contribution is -2.30. The summed E-state index contributed by atoms with van der Waals surface area (Å²) in [4.78, 5) is 25.0. The molecule has 2 aromatic carbocycles. The van der Waals surface area contributed by atoms with Crippen LogP contribution in [0.3, 0.4) is 0 Å². The van der Waals surface area contributed by atoms with Gasteiger partial charge in [0, 0.05) is 11.6 Å². The fourth-order valence-corrected chi connectivity index (χ4v) is 3.13. The second-order valence-corrected chi connectivity index (χ2v) is 7.84. The number of benzene rings is 2. The highest BCUT2D eigenvalue weighted by molar-refractivity contribution is 6.34. The van der Waals surface area contributed by atoms with Crippen LogP contribution in [0.2, 0.25) is 5.02 Å². The standard InChI is InChI=1S/C22H20ClF3N4O2/c1-12(2)28-20(31)14-6-9-17(23)18(10-14)29-21(32)16-11-27-30(19(16)22(24,25)26)15-7-4-13(3)5-8-15/h4-12H,1-3H3,(H,28,31)(H,29,32). The predicted molar refractivity (Wildman–Crippen MR) is 115 cm³/mol. The molecule has 0 aliphatic carbocycles. The molecule has 168 valence electrons. The fraction of sp³-hybridized carbons (Fsp3) is 0.227. The normalized spacial score (nSPS) is 11.5. The molecule has 2 amide bonds. The number of hydrogen-bond acceptors (Lipinski definition) is 3. The summed E-state index contributed by atoms with van der Waals surface area (Å²) in [6.07, 6.45) is -4.00. The molecule has 1 heterocycles. The van der Waals surface area contributed by atoms with Gasteiger partial charge < -0.3 is 10.6 Å². The molecule has 2 N–H and O–H groups in total. The monoisotopic (exact) mass is 464 g/mol. The van der Waals surface area contributed by atoms with E-state index in [-0.39, 0.29) is 28.0 Å². The number of nitrogens with zero attached hydrogens (tertiary/aromatic N) is 2. The van der Waals surface area contributed by atoms with Crippen molar-refractivity contribution in [3.8, 4) is 5.69 Å². The molecule has 0 atom stereocenters. The first kappa shape index (κ1) is 23.3. The van der Waals surface area contributed by atoms with Gasteiger partial charge in [-0.15, -0.1) is 0 Å². The van der Waals surface area contributed by atoms with Gasteiger partial charge in [-0.25, -0.2) is 4.68 Å². The summed E-state index contributed by atoms with van der Waals surface area (Å²) in [5.74, 6) is -1.46. The van der Waals surface area contributed by atoms with Gasteiger partial charge in [0.25, 0.3) is 11.8 Å². The number of aryl methyl sites for hydroxylation is 1. The average Bonchev–Trinajstić information content (AvgIpc) is 3.15. The van der Waals surface area contributed by atoms with Crippen molar-refractivity contribution in [1.29, 1.82) is 0 Å². The SMILES string of the molecule is Cc1ccc(-n2ncc(C(=O)Nc3cc(C(=O)NC(C)C)ccc3Cl)c2C(F)(F)F)cc1. The van der Waals surface area contributed by atoms with Crippen LogP contribution in [0.4, 0.5) is 18.9 Å². The van der Waals surface area contributed by atoms with E-state index in [0.717, 1.165) is 11.8 Å². The topological polar surface area (TPSA) is 76.0 Å². The largest absolute Gasteiger partial charge is 0.434 e. The summed E-state index contributed by atoms with van der Waals surface area (Å²) >= 11 is 6.09. The first-order valence-corrected chi connectivity index (χ1v) is 9.99. The molecule has 0 aliphatic rings. The van der Waals surface area contributed by atoms with Crippen LogP contribution in [0.1, 0.15) is 45.8 Å². The number of rotatable bonds is 5. The minimum Gasteiger partial charge on any atom is -0.350 e. The third kappa shape index (κ3) is 5.11. The molecule has 0 saturated carbocycles. The maximum Gasteiger partial charge on any atom is 0.434 e. The number of alkyl halides is 3. The van der Waals surface area contributed by atoms with E-state index in [0.29, 0.717) is 4.68 Å². The fourth-order valence-electron chi connectivity index (χ4n) is 2.97. The lowest BCUT2D eigenvalue weighted by atomic mass is 10.1. The molecule has 0 unspecified atom stereocenters. The highest BCUT2D eigenvalue weighted by atomic mass is 35.5. The zero-order chi connectivity index (χ0) is 23.6. The number of halogens is 4. The Kier molecular flexibility index (Phi) is 6.59. The Bertz CT molecular complexity index is 1150. The predicted octanol–water partition coefficient (Wildman–Crippen LogP) is 5.24. The van der Waals surface area contributed by atoms with Crippen LogP contribution in [0.15, 0.2) is 48.7 Å². The van der Waals surface area contributed by atoms with E-state index in [1.807, 2.05) is 0 Å². The summed E-state index contributed by atoms with van der Waals surface area (Å²) in [6.45, 7) is 5.36. The number of anilines is 1. The Labute approximate surface area is 187 Å². The summed E-state index contributed by atoms with van der Waals surface area (Å²) < 4.78 is 42.2. The smallest absolute Gasteiger partial charge is 0.350 e. The van der Waals surface area contributed by atoms with E-state index >= 15 is 0 Å². The maximum atomic E-state index is 13.9. The lowest BCUT2D eigenvalue weighted by Gasteiger charge is -2.14. The van der Waals surface area contributed by atoms with Crippen molar-refractivity contribution in [2.75, 3.05) is 5.32 Å². The quantitative estimate of drug-likeness (QED) is 0.542. The maximum absolute atomic E-state index is 13.9. The minimum atomic E-state index is -4.85. The van der Waals surface area contributed by atoms with Crippen molar-refractivity contribution in [2.24, 2.45) is 0 Å². The van der Waals surface area contributed by atoms with Crippen molar-refractivity contribution in [1.82, 2.24) is 15.1 Å². The second kappa shape index (κ2) is 9.04. The summed E-state index contributed by atoms with van der Waals surface area (Å²) in [5.41, 5.74) is -0.667. The van der Waals surface area contributed by atoms with Gasteiger partial charge >= 0.3 is 6.18 Å². The van der Waals surface area contributed by atoms with E-state index in [1.165, 1.54) is 30.3 Å². The van der Waals surface area contributed by atoms with Gasteiger partial charge in [-0.1, -0.05) is 29.3 Å². The number of hydrogen-bond donors (Lipinski definition) is 2. The molecular formula is C22H20ClF3N4O2. The molecule has 10 heteroatoms. The van der Waals surface area contributed by atoms with Crippen LogP contribution in [0.25, 0.3) is 5.69 Å². The molecule has 0 saturated heterocycles. The van der Waals surface area contributed by atoms with Gasteiger partial charge in [-0.2, -0.15) is 18.3 Å². The van der Waals surface area contributed by atoms with Crippen LogP contribution in [0, 0.1) is 6.92 Å². The Hall–Kier alpha value is -3.33. The molecule has 0 aliphatic heterocycles. The molecule has 0 fully saturated rings. The van der Waals surface area contributed by atoms with Gasteiger partial charge in [0.2, 0.25) is 0 Å². The third-order valence-corrected chi connectivity index (χ3v) is 4.79. The first-order valence-electron chi connectivity index (χ1n) is 9.61. The number of carbonyl (C=O) groups is 2. The molecule has 0 spiro atoms. The Morgan fingerprint density at radius 2 is 1.72 bits per heavy atom. The number of aromatic nitrogens is 2. The number of carbonyl (C=O) groups excluding carboxylic acids is 2. The van der Waals surface area contributed by atoms with Crippen molar-refractivity contribution in [3.63, 3.8) is 0 Å². The van der Waals surface area contributed by atoms with Crippen molar-refractivity contribution in [3.05, 3.63) is 76.1 Å². The summed E-state index contributed by atoms with van der Waals surface area (Å²) in [7, 11) is 0. The Morgan fingerprint density at radius 3 is 2.31 bits per heavy atom. The molecule has 32 heavy (non-hydrogen) atoms. The summed E-state index contributed by atoms with van der Waals surface area (Å²) in [6, 6.07) is 10.3. The van der Waals surface area contributed by atoms with E-state index < -0.39 is 29.2 Å². The molecular weight excluding hydrogens is 445 g/mol. The number of amides is 2. The van der Waals surface area contributed by atoms with E-state index in [9.17, 15) is 22.8 Å². The van der Waals surface area contributed by atoms with E-state index in [2.05, 4.69) is 15.7 Å². The molecule has 3 aromatic rings. The number of nitrogens with one attached hydrogen (secondary N) is 2. The van der Waals surface area contributed by atoms with Crippen LogP contribution in [-0.4, -0.2) is 27.6 Å².